The number of carboxylic acid groups (broad SMARTS) is 1. The molecule has 2 aromatic heterocycles. The van der Waals surface area contributed by atoms with Crippen molar-refractivity contribution >= 4 is 63.5 Å². The van der Waals surface area contributed by atoms with E-state index >= 15 is 0 Å². The molecule has 0 spiro atoms. The molecule has 6 N–H and O–H groups in total. The van der Waals surface area contributed by atoms with Gasteiger partial charge in [0, 0.05) is 33.6 Å². The zero-order valence-electron chi connectivity index (χ0n) is 15.5. The first-order valence-electron chi connectivity index (χ1n) is 8.66. The van der Waals surface area contributed by atoms with Crippen LogP contribution in [0.25, 0.3) is 0 Å². The topological polar surface area (TPSA) is 187 Å². The van der Waals surface area contributed by atoms with Crippen LogP contribution in [0.3, 0.4) is 0 Å². The van der Waals surface area contributed by atoms with Gasteiger partial charge in [0.25, 0.3) is 11.8 Å². The lowest BCUT2D eigenvalue weighted by Gasteiger charge is -2.49. The summed E-state index contributed by atoms with van der Waals surface area (Å²) in [5, 5.41) is 32.0. The van der Waals surface area contributed by atoms with Crippen LogP contribution in [0.15, 0.2) is 33.5 Å². The maximum atomic E-state index is 12.7. The molecule has 0 aromatic carbocycles. The highest BCUT2D eigenvalue weighted by Crippen LogP contribution is 2.44. The largest absolute Gasteiger partial charge is 0.477 e. The minimum absolute atomic E-state index is 0.0754. The molecule has 4 rings (SSSR count). The fourth-order valence-electron chi connectivity index (χ4n) is 3.05. The van der Waals surface area contributed by atoms with Crippen LogP contribution in [0.1, 0.15) is 11.3 Å². The van der Waals surface area contributed by atoms with Gasteiger partial charge in [0.1, 0.15) is 22.8 Å². The number of anilines is 1. The molecule has 1 saturated heterocycles. The number of carbonyl (C=O) groups excluding carboxylic acids is 2. The Labute approximate surface area is 187 Å². The van der Waals surface area contributed by atoms with Gasteiger partial charge in [-0.05, 0) is 0 Å². The van der Waals surface area contributed by atoms with Gasteiger partial charge >= 0.3 is 5.97 Å². The average Bonchev–Trinajstić information content (AvgIpc) is 3.42. The highest BCUT2D eigenvalue weighted by Gasteiger charge is 2.54. The maximum Gasteiger partial charge on any atom is 0.353 e. The summed E-state index contributed by atoms with van der Waals surface area (Å²) in [4.78, 5) is 42.7. The molecular formula is C16H15N7O5S3. The lowest BCUT2D eigenvalue weighted by atomic mass is 10.0. The number of H-pyrrole nitrogens is 1. The summed E-state index contributed by atoms with van der Waals surface area (Å²) in [5.74, 6) is -1.71. The van der Waals surface area contributed by atoms with Gasteiger partial charge in [-0.1, -0.05) is 5.16 Å². The normalized spacial score (nSPS) is 21.0. The summed E-state index contributed by atoms with van der Waals surface area (Å²) in [7, 11) is 0. The van der Waals surface area contributed by atoms with E-state index in [1.54, 1.807) is 12.4 Å². The van der Waals surface area contributed by atoms with Gasteiger partial charge in [0.05, 0.1) is 6.20 Å². The number of amides is 2. The van der Waals surface area contributed by atoms with Crippen LogP contribution in [0, 0.1) is 0 Å². The van der Waals surface area contributed by atoms with E-state index in [2.05, 4.69) is 25.7 Å². The first-order valence-corrected chi connectivity index (χ1v) is 11.6. The SMILES string of the molecule is Nc1nc(/C(=N/O)C(=O)N[C@@H]2C(=O)N3C(C(=O)O)=C(SCc4cn[nH]c4)CS[C@H]23)cs1. The lowest BCUT2D eigenvalue weighted by Crippen LogP contribution is -2.71. The van der Waals surface area contributed by atoms with E-state index in [4.69, 9.17) is 5.73 Å². The van der Waals surface area contributed by atoms with Gasteiger partial charge in [-0.2, -0.15) is 5.10 Å². The number of nitrogens with one attached hydrogen (secondary N) is 2. The quantitative estimate of drug-likeness (QED) is 0.159. The van der Waals surface area contributed by atoms with Gasteiger partial charge in [-0.3, -0.25) is 19.6 Å². The number of nitrogens with two attached hydrogens (primary N) is 1. The number of hydrogen-bond acceptors (Lipinski definition) is 11. The molecule has 2 amide bonds. The van der Waals surface area contributed by atoms with Crippen molar-refractivity contribution in [2.24, 2.45) is 5.16 Å². The molecule has 2 aliphatic rings. The van der Waals surface area contributed by atoms with Gasteiger partial charge in [-0.25, -0.2) is 9.78 Å². The van der Waals surface area contributed by atoms with Crippen molar-refractivity contribution < 1.29 is 24.7 Å². The second-order valence-corrected chi connectivity index (χ2v) is 9.42. The van der Waals surface area contributed by atoms with Crippen molar-refractivity contribution in [1.29, 1.82) is 0 Å². The van der Waals surface area contributed by atoms with Crippen LogP contribution in [0.5, 0.6) is 0 Å². The van der Waals surface area contributed by atoms with Crippen molar-refractivity contribution in [3.63, 3.8) is 0 Å². The minimum Gasteiger partial charge on any atom is -0.477 e. The van der Waals surface area contributed by atoms with E-state index in [0.29, 0.717) is 16.4 Å². The number of rotatable bonds is 7. The number of fused-ring (bicyclic) bond motifs is 1. The van der Waals surface area contributed by atoms with Crippen molar-refractivity contribution in [1.82, 2.24) is 25.4 Å². The number of nitrogen functional groups attached to an aromatic ring is 1. The molecule has 2 atom stereocenters. The third kappa shape index (κ3) is 3.98. The van der Waals surface area contributed by atoms with E-state index in [9.17, 15) is 24.7 Å². The molecule has 2 aliphatic heterocycles. The summed E-state index contributed by atoms with van der Waals surface area (Å²) < 4.78 is 0. The lowest BCUT2D eigenvalue weighted by molar-refractivity contribution is -0.150. The molecule has 2 aromatic rings. The van der Waals surface area contributed by atoms with Gasteiger partial charge in [-0.15, -0.1) is 34.9 Å². The molecular weight excluding hydrogens is 466 g/mol. The van der Waals surface area contributed by atoms with Crippen molar-refractivity contribution in [3.8, 4) is 0 Å². The molecule has 0 radical (unpaired) electrons. The molecule has 0 bridgehead atoms. The first kappa shape index (κ1) is 21.2. The van der Waals surface area contributed by atoms with Gasteiger partial charge in [0.2, 0.25) is 0 Å². The number of aromatic amines is 1. The third-order valence-electron chi connectivity index (χ3n) is 4.47. The zero-order chi connectivity index (χ0) is 22.1. The number of carbonyl (C=O) groups is 3. The Morgan fingerprint density at radius 1 is 1.48 bits per heavy atom. The number of nitrogens with zero attached hydrogens (tertiary/aromatic N) is 4. The Morgan fingerprint density at radius 2 is 2.29 bits per heavy atom. The van der Waals surface area contributed by atoms with E-state index in [-0.39, 0.29) is 22.2 Å². The predicted molar refractivity (Wildman–Crippen MR) is 114 cm³/mol. The van der Waals surface area contributed by atoms with Gasteiger partial charge < -0.3 is 21.4 Å². The second-order valence-electron chi connectivity index (χ2n) is 6.35. The highest BCUT2D eigenvalue weighted by atomic mass is 32.2. The number of thiazole rings is 1. The Kier molecular flexibility index (Phi) is 5.88. The van der Waals surface area contributed by atoms with Crippen LogP contribution in [0.2, 0.25) is 0 Å². The summed E-state index contributed by atoms with van der Waals surface area (Å²) >= 11 is 3.73. The first-order chi connectivity index (χ1) is 14.9. The van der Waals surface area contributed by atoms with Crippen LogP contribution in [-0.2, 0) is 20.1 Å². The Hall–Kier alpha value is -3.04. The average molecular weight is 482 g/mol. The molecule has 1 fully saturated rings. The molecule has 12 nitrogen and oxygen atoms in total. The second kappa shape index (κ2) is 8.60. The fraction of sp³-hybridized carbons (Fsp3) is 0.250. The molecule has 0 unspecified atom stereocenters. The smallest absolute Gasteiger partial charge is 0.353 e. The van der Waals surface area contributed by atoms with Gasteiger partial charge in [0.15, 0.2) is 10.8 Å². The fourth-order valence-corrected chi connectivity index (χ4v) is 6.15. The number of oxime groups is 1. The number of aromatic nitrogens is 3. The van der Waals surface area contributed by atoms with E-state index in [0.717, 1.165) is 16.9 Å². The molecule has 4 heterocycles. The molecule has 162 valence electrons. The van der Waals surface area contributed by atoms with E-state index in [1.807, 2.05) is 0 Å². The number of carboxylic acids is 1. The standard InChI is InChI=1S/C16H15N7O5S3/c17-16-20-7(4-31-16)9(22-28)12(24)21-10-13(25)23-11(15(26)27)8(5-30-14(10)23)29-3-6-1-18-19-2-6/h1-2,4,10,14,28H,3,5H2,(H2,17,20)(H,18,19)(H,21,24)(H,26,27)/b22-9-/t10-,14-/m1/s1. The molecule has 0 saturated carbocycles. The number of thioether (sulfide) groups is 2. The number of aliphatic carboxylic acids is 1. The minimum atomic E-state index is -1.21. The molecule has 15 heteroatoms. The Balaban J connectivity index is 1.48. The Morgan fingerprint density at radius 3 is 2.90 bits per heavy atom. The number of hydrogen-bond donors (Lipinski definition) is 5. The number of β-lactam (4-membered cyclic amide) rings is 1. The summed E-state index contributed by atoms with van der Waals surface area (Å²) in [6, 6.07) is -0.958. The molecule has 0 aliphatic carbocycles. The summed E-state index contributed by atoms with van der Waals surface area (Å²) in [6.45, 7) is 0. The molecule has 31 heavy (non-hydrogen) atoms. The van der Waals surface area contributed by atoms with Crippen LogP contribution < -0.4 is 11.1 Å². The highest BCUT2D eigenvalue weighted by molar-refractivity contribution is 8.05. The summed E-state index contributed by atoms with van der Waals surface area (Å²) in [6.07, 6.45) is 3.35. The van der Waals surface area contributed by atoms with Crippen molar-refractivity contribution in [3.05, 3.63) is 39.6 Å². The third-order valence-corrected chi connectivity index (χ3v) is 7.77. The van der Waals surface area contributed by atoms with Crippen LogP contribution >= 0.6 is 34.9 Å². The van der Waals surface area contributed by atoms with E-state index in [1.165, 1.54) is 33.8 Å². The van der Waals surface area contributed by atoms with Crippen LogP contribution in [-0.4, -0.2) is 71.1 Å². The van der Waals surface area contributed by atoms with Crippen molar-refractivity contribution in [2.75, 3.05) is 11.5 Å². The Bertz CT molecular complexity index is 1100. The maximum absolute atomic E-state index is 12.7. The monoisotopic (exact) mass is 481 g/mol. The predicted octanol–water partition coefficient (Wildman–Crippen LogP) is 0.256. The van der Waals surface area contributed by atoms with Crippen LogP contribution in [0.4, 0.5) is 5.13 Å². The zero-order valence-corrected chi connectivity index (χ0v) is 18.0. The summed E-state index contributed by atoms with van der Waals surface area (Å²) in [5.41, 5.74) is 6.04. The van der Waals surface area contributed by atoms with E-state index < -0.39 is 29.2 Å². The van der Waals surface area contributed by atoms with Crippen molar-refractivity contribution in [2.45, 2.75) is 17.2 Å².